The molecule has 2 heterocycles. The molecule has 2 aliphatic heterocycles. The lowest BCUT2D eigenvalue weighted by Crippen LogP contribution is -2.60. The molecule has 0 radical (unpaired) electrons. The second-order valence-electron chi connectivity index (χ2n) is 5.34. The summed E-state index contributed by atoms with van der Waals surface area (Å²) in [7, 11) is 0. The van der Waals surface area contributed by atoms with Crippen molar-refractivity contribution in [2.75, 3.05) is 44.4 Å². The molecule has 1 N–H and O–H groups in total. The van der Waals surface area contributed by atoms with Crippen molar-refractivity contribution in [2.45, 2.75) is 5.60 Å². The van der Waals surface area contributed by atoms with Crippen molar-refractivity contribution in [1.82, 2.24) is 5.32 Å². The number of hydrogen-bond donors (Lipinski definition) is 1. The lowest BCUT2D eigenvalue weighted by molar-refractivity contribution is -0.144. The van der Waals surface area contributed by atoms with Gasteiger partial charge in [0.25, 0.3) is 5.91 Å². The molecule has 2 aliphatic rings. The second-order valence-corrected chi connectivity index (χ2v) is 5.34. The van der Waals surface area contributed by atoms with Crippen molar-refractivity contribution in [2.24, 2.45) is 0 Å². The highest BCUT2D eigenvalue weighted by Gasteiger charge is 2.41. The van der Waals surface area contributed by atoms with Gasteiger partial charge in [0.05, 0.1) is 31.4 Å². The Morgan fingerprint density at radius 1 is 1.33 bits per heavy atom. The van der Waals surface area contributed by atoms with Crippen molar-refractivity contribution in [3.63, 3.8) is 0 Å². The Morgan fingerprint density at radius 3 is 2.90 bits per heavy atom. The molecule has 1 amide bonds. The topological polar surface area (TPSA) is 74.6 Å². The van der Waals surface area contributed by atoms with Gasteiger partial charge in [0.15, 0.2) is 0 Å². The third-order valence-electron chi connectivity index (χ3n) is 3.79. The number of ether oxygens (including phenoxy) is 2. The van der Waals surface area contributed by atoms with Crippen LogP contribution in [0.5, 0.6) is 0 Å². The third kappa shape index (κ3) is 2.90. The van der Waals surface area contributed by atoms with Crippen LogP contribution < -0.4 is 10.2 Å². The largest absolute Gasteiger partial charge is 0.377 e. The van der Waals surface area contributed by atoms with Gasteiger partial charge in [-0.2, -0.15) is 5.26 Å². The van der Waals surface area contributed by atoms with Gasteiger partial charge in [0.2, 0.25) is 0 Å². The summed E-state index contributed by atoms with van der Waals surface area (Å²) in [5, 5.41) is 12.1. The van der Waals surface area contributed by atoms with Gasteiger partial charge < -0.3 is 19.7 Å². The maximum atomic E-state index is 12.1. The number of nitrogens with one attached hydrogen (secondary N) is 1. The Bertz CT molecular complexity index is 557. The van der Waals surface area contributed by atoms with Gasteiger partial charge in [0, 0.05) is 18.8 Å². The van der Waals surface area contributed by atoms with Gasteiger partial charge >= 0.3 is 0 Å². The number of anilines is 1. The molecule has 6 heteroatoms. The first-order valence-electron chi connectivity index (χ1n) is 6.95. The number of hydrogen-bond acceptors (Lipinski definition) is 5. The number of rotatable bonds is 1. The van der Waals surface area contributed by atoms with Crippen molar-refractivity contribution in [3.8, 4) is 6.07 Å². The van der Waals surface area contributed by atoms with E-state index in [9.17, 15) is 4.79 Å². The number of amides is 1. The average molecular weight is 287 g/mol. The molecule has 2 fully saturated rings. The van der Waals surface area contributed by atoms with Gasteiger partial charge in [0.1, 0.15) is 12.2 Å². The zero-order chi connectivity index (χ0) is 14.7. The molecular weight excluding hydrogens is 270 g/mol. The van der Waals surface area contributed by atoms with Gasteiger partial charge in [-0.25, -0.2) is 0 Å². The van der Waals surface area contributed by atoms with Gasteiger partial charge in [-0.1, -0.05) is 0 Å². The van der Waals surface area contributed by atoms with Crippen LogP contribution in [0.2, 0.25) is 0 Å². The van der Waals surface area contributed by atoms with E-state index in [-0.39, 0.29) is 12.5 Å². The van der Waals surface area contributed by atoms with Crippen LogP contribution in [0.1, 0.15) is 5.56 Å². The van der Waals surface area contributed by atoms with Crippen LogP contribution in [-0.2, 0) is 14.3 Å². The lowest BCUT2D eigenvalue weighted by atomic mass is 10.0. The van der Waals surface area contributed by atoms with E-state index in [0.29, 0.717) is 31.9 Å². The Labute approximate surface area is 123 Å². The van der Waals surface area contributed by atoms with E-state index < -0.39 is 5.60 Å². The molecule has 6 nitrogen and oxygen atoms in total. The fraction of sp³-hybridized carbons (Fsp3) is 0.467. The summed E-state index contributed by atoms with van der Waals surface area (Å²) in [6.45, 7) is 3.06. The summed E-state index contributed by atoms with van der Waals surface area (Å²) < 4.78 is 11.3. The molecule has 0 saturated carbocycles. The molecule has 0 aromatic heterocycles. The third-order valence-corrected chi connectivity index (χ3v) is 3.79. The quantitative estimate of drug-likeness (QED) is 0.803. The van der Waals surface area contributed by atoms with E-state index in [1.807, 2.05) is 0 Å². The first-order chi connectivity index (χ1) is 10.2. The Balaban J connectivity index is 1.82. The zero-order valence-electron chi connectivity index (χ0n) is 11.7. The van der Waals surface area contributed by atoms with Crippen molar-refractivity contribution in [1.29, 1.82) is 5.26 Å². The van der Waals surface area contributed by atoms with E-state index in [1.165, 1.54) is 0 Å². The summed E-state index contributed by atoms with van der Waals surface area (Å²) in [4.78, 5) is 13.8. The maximum Gasteiger partial charge on any atom is 0.253 e. The predicted octanol–water partition coefficient (Wildman–Crippen LogP) is 0.280. The molecule has 1 atom stereocenters. The highest BCUT2D eigenvalue weighted by molar-refractivity contribution is 5.95. The van der Waals surface area contributed by atoms with Crippen molar-refractivity contribution >= 4 is 11.6 Å². The Kier molecular flexibility index (Phi) is 3.88. The normalized spacial score (nSPS) is 26.4. The van der Waals surface area contributed by atoms with E-state index in [1.54, 1.807) is 29.2 Å². The molecule has 21 heavy (non-hydrogen) atoms. The first kappa shape index (κ1) is 14.0. The van der Waals surface area contributed by atoms with Crippen LogP contribution in [0.25, 0.3) is 0 Å². The lowest BCUT2D eigenvalue weighted by Gasteiger charge is -2.41. The molecule has 0 aliphatic carbocycles. The summed E-state index contributed by atoms with van der Waals surface area (Å²) in [5.74, 6) is -0.0745. The maximum absolute atomic E-state index is 12.1. The molecule has 1 aromatic carbocycles. The second kappa shape index (κ2) is 5.82. The summed E-state index contributed by atoms with van der Waals surface area (Å²) in [6, 6.07) is 9.09. The minimum absolute atomic E-state index is 0.0467. The van der Waals surface area contributed by atoms with Crippen LogP contribution in [0, 0.1) is 11.3 Å². The minimum atomic E-state index is -0.502. The molecule has 1 spiro atoms. The smallest absolute Gasteiger partial charge is 0.253 e. The standard InChI is InChI=1S/C15H17N3O3/c16-7-12-1-3-13(4-2-12)18-10-15(21-8-14(18)19)9-17-5-6-20-11-15/h1-4,17H,5-6,8-11H2/t15-/m0/s1. The van der Waals surface area contributed by atoms with E-state index in [2.05, 4.69) is 11.4 Å². The van der Waals surface area contributed by atoms with Gasteiger partial charge in [-0.3, -0.25) is 4.79 Å². The molecule has 0 unspecified atom stereocenters. The summed E-state index contributed by atoms with van der Waals surface area (Å²) in [6.07, 6.45) is 0. The number of carbonyl (C=O) groups excluding carboxylic acids is 1. The summed E-state index contributed by atoms with van der Waals surface area (Å²) >= 11 is 0. The van der Waals surface area contributed by atoms with E-state index >= 15 is 0 Å². The number of nitriles is 1. The molecular formula is C15H17N3O3. The van der Waals surface area contributed by atoms with E-state index in [0.717, 1.165) is 12.2 Å². The van der Waals surface area contributed by atoms with Crippen molar-refractivity contribution in [3.05, 3.63) is 29.8 Å². The minimum Gasteiger partial charge on any atom is -0.377 e. The molecule has 1 aromatic rings. The van der Waals surface area contributed by atoms with Crippen LogP contribution in [0.4, 0.5) is 5.69 Å². The zero-order valence-corrected chi connectivity index (χ0v) is 11.7. The molecule has 110 valence electrons. The average Bonchev–Trinajstić information content (AvgIpc) is 2.76. The fourth-order valence-electron chi connectivity index (χ4n) is 2.63. The predicted molar refractivity (Wildman–Crippen MR) is 75.9 cm³/mol. The number of carbonyl (C=O) groups is 1. The number of benzene rings is 1. The van der Waals surface area contributed by atoms with Gasteiger partial charge in [-0.15, -0.1) is 0 Å². The number of morpholine rings is 1. The Morgan fingerprint density at radius 2 is 2.14 bits per heavy atom. The van der Waals surface area contributed by atoms with Gasteiger partial charge in [-0.05, 0) is 24.3 Å². The van der Waals surface area contributed by atoms with E-state index in [4.69, 9.17) is 14.7 Å². The highest BCUT2D eigenvalue weighted by Crippen LogP contribution is 2.25. The Hall–Kier alpha value is -1.94. The van der Waals surface area contributed by atoms with Crippen LogP contribution in [-0.4, -0.2) is 51.0 Å². The molecule has 2 saturated heterocycles. The van der Waals surface area contributed by atoms with Crippen molar-refractivity contribution < 1.29 is 14.3 Å². The fourth-order valence-corrected chi connectivity index (χ4v) is 2.63. The van der Waals surface area contributed by atoms with Crippen LogP contribution in [0.15, 0.2) is 24.3 Å². The SMILES string of the molecule is N#Cc1ccc(N2C[C@]3(CNCCOC3)OCC2=O)cc1. The first-order valence-corrected chi connectivity index (χ1v) is 6.95. The summed E-state index contributed by atoms with van der Waals surface area (Å²) in [5.41, 5.74) is 0.859. The van der Waals surface area contributed by atoms with Crippen LogP contribution in [0.3, 0.4) is 0 Å². The molecule has 0 bridgehead atoms. The monoisotopic (exact) mass is 287 g/mol. The van der Waals surface area contributed by atoms with Crippen LogP contribution >= 0.6 is 0 Å². The number of nitrogens with zero attached hydrogens (tertiary/aromatic N) is 2. The molecule has 3 rings (SSSR count). The highest BCUT2D eigenvalue weighted by atomic mass is 16.5.